The number of nitrogens with two attached hydrogens (primary N) is 1. The molecule has 0 aliphatic heterocycles. The molecule has 0 saturated carbocycles. The fraction of sp³-hybridized carbons (Fsp3) is 0.0714. The highest BCUT2D eigenvalue weighted by Crippen LogP contribution is 2.20. The molecule has 0 unspecified atom stereocenters. The molecule has 0 heterocycles. The third-order valence-electron chi connectivity index (χ3n) is 2.70. The van der Waals surface area contributed by atoms with Crippen LogP contribution in [0.1, 0.15) is 11.7 Å². The van der Waals surface area contributed by atoms with Crippen LogP contribution in [-0.2, 0) is 0 Å². The summed E-state index contributed by atoms with van der Waals surface area (Å²) in [6, 6.07) is 14.8. The summed E-state index contributed by atoms with van der Waals surface area (Å²) in [5, 5.41) is 4.82. The van der Waals surface area contributed by atoms with E-state index in [1.165, 1.54) is 0 Å². The van der Waals surface area contributed by atoms with Crippen molar-refractivity contribution < 1.29 is 0 Å². The van der Waals surface area contributed by atoms with E-state index >= 15 is 0 Å². The monoisotopic (exact) mass is 340 g/mol. The van der Waals surface area contributed by atoms with Crippen LogP contribution in [0.25, 0.3) is 0 Å². The Bertz CT molecular complexity index is 601. The van der Waals surface area contributed by atoms with Crippen LogP contribution >= 0.6 is 35.4 Å². The lowest BCUT2D eigenvalue weighted by atomic mass is 10.1. The Morgan fingerprint density at radius 2 is 1.48 bits per heavy atom. The number of nitrogens with one attached hydrogen (secondary N) is 3. The van der Waals surface area contributed by atoms with Gasteiger partial charge in [-0.15, -0.1) is 0 Å². The van der Waals surface area contributed by atoms with Crippen molar-refractivity contribution in [3.63, 3.8) is 0 Å². The van der Waals surface area contributed by atoms with Crippen LogP contribution in [0.2, 0.25) is 10.0 Å². The van der Waals surface area contributed by atoms with E-state index in [9.17, 15) is 0 Å². The first-order valence-corrected chi connectivity index (χ1v) is 7.29. The van der Waals surface area contributed by atoms with Gasteiger partial charge in [-0.2, -0.15) is 0 Å². The molecule has 0 aliphatic carbocycles. The van der Waals surface area contributed by atoms with Gasteiger partial charge in [0, 0.05) is 15.7 Å². The van der Waals surface area contributed by atoms with E-state index in [-0.39, 0.29) is 11.3 Å². The maximum atomic E-state index is 5.91. The van der Waals surface area contributed by atoms with Crippen molar-refractivity contribution >= 4 is 46.2 Å². The van der Waals surface area contributed by atoms with Crippen molar-refractivity contribution in [2.75, 3.05) is 5.32 Å². The number of benzene rings is 2. The second-order valence-corrected chi connectivity index (χ2v) is 5.58. The van der Waals surface area contributed by atoms with Gasteiger partial charge in [-0.25, -0.2) is 5.43 Å². The molecule has 0 radical (unpaired) electrons. The predicted octanol–water partition coefficient (Wildman–Crippen LogP) is 3.44. The topological polar surface area (TPSA) is 62.1 Å². The van der Waals surface area contributed by atoms with Gasteiger partial charge in [-0.3, -0.25) is 5.43 Å². The quantitative estimate of drug-likeness (QED) is 0.381. The second kappa shape index (κ2) is 7.47. The van der Waals surface area contributed by atoms with Crippen LogP contribution in [0.5, 0.6) is 0 Å². The first-order chi connectivity index (χ1) is 10.0. The molecule has 2 aromatic rings. The lowest BCUT2D eigenvalue weighted by molar-refractivity contribution is 0.557. The molecule has 5 N–H and O–H groups in total. The van der Waals surface area contributed by atoms with Crippen LogP contribution in [0.4, 0.5) is 5.69 Å². The van der Waals surface area contributed by atoms with E-state index in [0.717, 1.165) is 11.3 Å². The van der Waals surface area contributed by atoms with Crippen molar-refractivity contribution in [1.82, 2.24) is 10.9 Å². The van der Waals surface area contributed by atoms with Gasteiger partial charge >= 0.3 is 0 Å². The molecular formula is C14H14Cl2N4S. The Balaban J connectivity index is 2.16. The summed E-state index contributed by atoms with van der Waals surface area (Å²) >= 11 is 16.6. The minimum Gasteiger partial charge on any atom is -0.375 e. The minimum atomic E-state index is -0.245. The second-order valence-electron chi connectivity index (χ2n) is 4.27. The predicted molar refractivity (Wildman–Crippen MR) is 92.3 cm³/mol. The Morgan fingerprint density at radius 1 is 0.952 bits per heavy atom. The van der Waals surface area contributed by atoms with Crippen LogP contribution in [0, 0.1) is 0 Å². The SMILES string of the molecule is NC(=S)NN[C@@H](Nc1ccc(Cl)cc1)c1ccc(Cl)cc1. The zero-order valence-electron chi connectivity index (χ0n) is 10.9. The summed E-state index contributed by atoms with van der Waals surface area (Å²) < 4.78 is 0. The Kier molecular flexibility index (Phi) is 5.64. The van der Waals surface area contributed by atoms with E-state index in [0.29, 0.717) is 10.0 Å². The summed E-state index contributed by atoms with van der Waals surface area (Å²) in [6.07, 6.45) is -0.245. The fourth-order valence-corrected chi connectivity index (χ4v) is 2.02. The van der Waals surface area contributed by atoms with E-state index in [1.807, 2.05) is 48.5 Å². The van der Waals surface area contributed by atoms with Gasteiger partial charge in [0.25, 0.3) is 0 Å². The normalized spacial score (nSPS) is 11.7. The largest absolute Gasteiger partial charge is 0.375 e. The number of hydrogen-bond donors (Lipinski definition) is 4. The Hall–Kier alpha value is -1.53. The summed E-state index contributed by atoms with van der Waals surface area (Å²) in [6.45, 7) is 0. The highest BCUT2D eigenvalue weighted by molar-refractivity contribution is 7.80. The zero-order chi connectivity index (χ0) is 15.2. The Labute approximate surface area is 138 Å². The van der Waals surface area contributed by atoms with Crippen molar-refractivity contribution in [1.29, 1.82) is 0 Å². The van der Waals surface area contributed by atoms with Gasteiger partial charge in [-0.1, -0.05) is 35.3 Å². The molecule has 0 bridgehead atoms. The molecule has 0 saturated heterocycles. The number of rotatable bonds is 5. The molecule has 2 aromatic carbocycles. The van der Waals surface area contributed by atoms with Gasteiger partial charge in [0.2, 0.25) is 0 Å². The highest BCUT2D eigenvalue weighted by Gasteiger charge is 2.11. The van der Waals surface area contributed by atoms with Crippen molar-refractivity contribution in [2.24, 2.45) is 5.73 Å². The molecule has 110 valence electrons. The summed E-state index contributed by atoms with van der Waals surface area (Å²) in [5.74, 6) is 0. The molecule has 0 amide bonds. The average molecular weight is 341 g/mol. The number of anilines is 1. The molecule has 1 atom stereocenters. The molecule has 7 heteroatoms. The molecule has 4 nitrogen and oxygen atoms in total. The van der Waals surface area contributed by atoms with E-state index in [4.69, 9.17) is 41.2 Å². The van der Waals surface area contributed by atoms with Gasteiger partial charge in [0.1, 0.15) is 6.17 Å². The molecule has 2 rings (SSSR count). The van der Waals surface area contributed by atoms with E-state index in [2.05, 4.69) is 16.2 Å². The van der Waals surface area contributed by atoms with Crippen molar-refractivity contribution in [3.05, 3.63) is 64.1 Å². The van der Waals surface area contributed by atoms with Gasteiger partial charge in [-0.05, 0) is 54.2 Å². The first-order valence-electron chi connectivity index (χ1n) is 6.13. The average Bonchev–Trinajstić information content (AvgIpc) is 2.46. The van der Waals surface area contributed by atoms with Crippen molar-refractivity contribution in [3.8, 4) is 0 Å². The zero-order valence-corrected chi connectivity index (χ0v) is 13.3. The van der Waals surface area contributed by atoms with E-state index in [1.54, 1.807) is 0 Å². The molecule has 21 heavy (non-hydrogen) atoms. The number of thiocarbonyl (C=S) groups is 1. The lowest BCUT2D eigenvalue weighted by Crippen LogP contribution is -2.45. The third-order valence-corrected chi connectivity index (χ3v) is 3.30. The van der Waals surface area contributed by atoms with Gasteiger partial charge in [0.15, 0.2) is 5.11 Å². The van der Waals surface area contributed by atoms with E-state index < -0.39 is 0 Å². The fourth-order valence-electron chi connectivity index (χ4n) is 1.71. The van der Waals surface area contributed by atoms with Gasteiger partial charge in [0.05, 0.1) is 0 Å². The standard InChI is InChI=1S/C14H14Cl2N4S/c15-10-3-1-9(2-4-10)13(19-20-14(17)21)18-12-7-5-11(16)6-8-12/h1-8,13,18-19H,(H3,17,20,21)/t13-/m1/s1. The lowest BCUT2D eigenvalue weighted by Gasteiger charge is -2.22. The van der Waals surface area contributed by atoms with Crippen LogP contribution in [-0.4, -0.2) is 5.11 Å². The van der Waals surface area contributed by atoms with Crippen LogP contribution in [0.15, 0.2) is 48.5 Å². The minimum absolute atomic E-state index is 0.159. The van der Waals surface area contributed by atoms with Gasteiger partial charge < -0.3 is 11.1 Å². The summed E-state index contributed by atoms with van der Waals surface area (Å²) in [7, 11) is 0. The molecule has 0 spiro atoms. The number of halogens is 2. The van der Waals surface area contributed by atoms with Crippen molar-refractivity contribution in [2.45, 2.75) is 6.17 Å². The first kappa shape index (κ1) is 15.9. The molecule has 0 fully saturated rings. The smallest absolute Gasteiger partial charge is 0.178 e. The van der Waals surface area contributed by atoms with Crippen LogP contribution < -0.4 is 21.9 Å². The number of hydrazine groups is 1. The summed E-state index contributed by atoms with van der Waals surface area (Å²) in [5.41, 5.74) is 13.1. The van der Waals surface area contributed by atoms with Crippen LogP contribution in [0.3, 0.4) is 0 Å². The maximum Gasteiger partial charge on any atom is 0.178 e. The Morgan fingerprint density at radius 3 is 2.00 bits per heavy atom. The maximum absolute atomic E-state index is 5.91. The highest BCUT2D eigenvalue weighted by atomic mass is 35.5. The molecular weight excluding hydrogens is 327 g/mol. The number of hydrogen-bond acceptors (Lipinski definition) is 3. The molecule has 0 aromatic heterocycles. The summed E-state index contributed by atoms with van der Waals surface area (Å²) in [4.78, 5) is 0. The third kappa shape index (κ3) is 5.06. The molecule has 0 aliphatic rings.